The number of carbonyl (C=O) groups excluding carboxylic acids is 1. The first-order valence-electron chi connectivity index (χ1n) is 7.28. The fourth-order valence-electron chi connectivity index (χ4n) is 2.54. The molecule has 120 valence electrons. The number of hydrogen-bond acceptors (Lipinski definition) is 1. The molecule has 2 aromatic rings. The third kappa shape index (κ3) is 3.64. The summed E-state index contributed by atoms with van der Waals surface area (Å²) in [5.41, 5.74) is 0.307. The number of carbonyl (C=O) groups is 1. The molecule has 0 radical (unpaired) electrons. The van der Waals surface area contributed by atoms with E-state index in [1.54, 1.807) is 30.3 Å². The summed E-state index contributed by atoms with van der Waals surface area (Å²) in [4.78, 5) is 12.0. The van der Waals surface area contributed by atoms with Crippen molar-refractivity contribution in [2.75, 3.05) is 10.6 Å². The Morgan fingerprint density at radius 1 is 0.957 bits per heavy atom. The van der Waals surface area contributed by atoms with Gasteiger partial charge in [-0.3, -0.25) is 0 Å². The predicted octanol–water partition coefficient (Wildman–Crippen LogP) is 5.23. The Morgan fingerprint density at radius 2 is 1.65 bits per heavy atom. The summed E-state index contributed by atoms with van der Waals surface area (Å²) in [6, 6.07) is 12.1. The first kappa shape index (κ1) is 15.4. The van der Waals surface area contributed by atoms with Crippen LogP contribution in [0.1, 0.15) is 29.9 Å². The van der Waals surface area contributed by atoms with E-state index in [1.807, 2.05) is 0 Å². The molecule has 0 atom stereocenters. The number of alkyl halides is 3. The lowest BCUT2D eigenvalue weighted by Gasteiger charge is -2.17. The minimum absolute atomic E-state index is 0.139. The highest BCUT2D eigenvalue weighted by atomic mass is 19.4. The molecule has 1 aliphatic rings. The molecular formula is C17H15F3N2O. The number of para-hydroxylation sites is 1. The number of benzene rings is 2. The van der Waals surface area contributed by atoms with E-state index >= 15 is 0 Å². The maximum Gasteiger partial charge on any atom is 0.416 e. The highest BCUT2D eigenvalue weighted by Gasteiger charge is 2.39. The van der Waals surface area contributed by atoms with Crippen LogP contribution < -0.4 is 10.6 Å². The van der Waals surface area contributed by atoms with Gasteiger partial charge in [-0.2, -0.15) is 13.2 Å². The molecule has 0 aliphatic heterocycles. The highest BCUT2D eigenvalue weighted by Crippen LogP contribution is 2.48. The number of rotatable bonds is 3. The Hall–Kier alpha value is -2.50. The van der Waals surface area contributed by atoms with Crippen molar-refractivity contribution in [1.82, 2.24) is 0 Å². The van der Waals surface area contributed by atoms with Gasteiger partial charge in [0, 0.05) is 11.4 Å². The van der Waals surface area contributed by atoms with E-state index in [0.29, 0.717) is 18.5 Å². The smallest absolute Gasteiger partial charge is 0.308 e. The molecule has 0 spiro atoms. The molecule has 2 amide bonds. The third-order valence-electron chi connectivity index (χ3n) is 3.68. The van der Waals surface area contributed by atoms with Gasteiger partial charge >= 0.3 is 12.2 Å². The normalized spacial score (nSPS) is 14.4. The van der Waals surface area contributed by atoms with Crippen LogP contribution in [0, 0.1) is 0 Å². The zero-order valence-electron chi connectivity index (χ0n) is 12.2. The monoisotopic (exact) mass is 320 g/mol. The van der Waals surface area contributed by atoms with E-state index in [-0.39, 0.29) is 17.2 Å². The number of hydrogen-bond donors (Lipinski definition) is 2. The average molecular weight is 320 g/mol. The Balaban J connectivity index is 1.84. The molecule has 3 nitrogen and oxygen atoms in total. The van der Waals surface area contributed by atoms with E-state index < -0.39 is 17.8 Å². The highest BCUT2D eigenvalue weighted by molar-refractivity contribution is 6.00. The van der Waals surface area contributed by atoms with Gasteiger partial charge in [0.15, 0.2) is 0 Å². The van der Waals surface area contributed by atoms with Gasteiger partial charge in [-0.1, -0.05) is 24.3 Å². The summed E-state index contributed by atoms with van der Waals surface area (Å²) < 4.78 is 39.5. The summed E-state index contributed by atoms with van der Waals surface area (Å²) in [7, 11) is 0. The Bertz CT molecular complexity index is 710. The van der Waals surface area contributed by atoms with Gasteiger partial charge in [-0.05, 0) is 48.6 Å². The van der Waals surface area contributed by atoms with Gasteiger partial charge in [0.25, 0.3) is 0 Å². The second kappa shape index (κ2) is 5.95. The fourth-order valence-corrected chi connectivity index (χ4v) is 2.54. The molecule has 23 heavy (non-hydrogen) atoms. The van der Waals surface area contributed by atoms with Crippen LogP contribution >= 0.6 is 0 Å². The molecule has 1 fully saturated rings. The number of nitrogens with one attached hydrogen (secondary N) is 2. The second-order valence-electron chi connectivity index (χ2n) is 5.48. The standard InChI is InChI=1S/C17H15F3N2O/c18-17(19,20)13-7-4-8-14(15(13)11-9-10-11)22-16(23)21-12-5-2-1-3-6-12/h1-8,11H,9-10H2,(H2,21,22,23). The van der Waals surface area contributed by atoms with Crippen LogP contribution in [0.25, 0.3) is 0 Å². The summed E-state index contributed by atoms with van der Waals surface area (Å²) in [6.07, 6.45) is -3.00. The maximum atomic E-state index is 13.2. The van der Waals surface area contributed by atoms with Gasteiger partial charge in [-0.25, -0.2) is 4.79 Å². The van der Waals surface area contributed by atoms with Gasteiger partial charge < -0.3 is 10.6 Å². The van der Waals surface area contributed by atoms with Crippen LogP contribution in [-0.4, -0.2) is 6.03 Å². The van der Waals surface area contributed by atoms with Gasteiger partial charge in [0.1, 0.15) is 0 Å². The first-order chi connectivity index (χ1) is 10.9. The van der Waals surface area contributed by atoms with Crippen molar-refractivity contribution in [2.24, 2.45) is 0 Å². The van der Waals surface area contributed by atoms with Crippen molar-refractivity contribution in [3.8, 4) is 0 Å². The fraction of sp³-hybridized carbons (Fsp3) is 0.235. The second-order valence-corrected chi connectivity index (χ2v) is 5.48. The average Bonchev–Trinajstić information content (AvgIpc) is 3.31. The van der Waals surface area contributed by atoms with E-state index in [1.165, 1.54) is 12.1 Å². The van der Waals surface area contributed by atoms with Gasteiger partial charge in [0.05, 0.1) is 5.56 Å². The molecule has 0 saturated heterocycles. The number of halogens is 3. The quantitative estimate of drug-likeness (QED) is 0.799. The lowest BCUT2D eigenvalue weighted by molar-refractivity contribution is -0.138. The van der Waals surface area contributed by atoms with Crippen molar-refractivity contribution < 1.29 is 18.0 Å². The van der Waals surface area contributed by atoms with Crippen LogP contribution in [0.2, 0.25) is 0 Å². The molecule has 0 bridgehead atoms. The minimum Gasteiger partial charge on any atom is -0.308 e. The van der Waals surface area contributed by atoms with Crippen LogP contribution in [-0.2, 0) is 6.18 Å². The Morgan fingerprint density at radius 3 is 2.26 bits per heavy atom. The van der Waals surface area contributed by atoms with Gasteiger partial charge in [0.2, 0.25) is 0 Å². The summed E-state index contributed by atoms with van der Waals surface area (Å²) in [5.74, 6) is -0.139. The number of urea groups is 1. The van der Waals surface area contributed by atoms with Crippen molar-refractivity contribution >= 4 is 17.4 Å². The topological polar surface area (TPSA) is 41.1 Å². The van der Waals surface area contributed by atoms with Crippen LogP contribution in [0.4, 0.5) is 29.3 Å². The molecule has 0 unspecified atom stereocenters. The molecule has 1 aliphatic carbocycles. The van der Waals surface area contributed by atoms with E-state index in [4.69, 9.17) is 0 Å². The lowest BCUT2D eigenvalue weighted by Crippen LogP contribution is -2.21. The molecule has 0 heterocycles. The largest absolute Gasteiger partial charge is 0.416 e. The SMILES string of the molecule is O=C(Nc1ccccc1)Nc1cccc(C(F)(F)F)c1C1CC1. The molecular weight excluding hydrogens is 305 g/mol. The molecule has 1 saturated carbocycles. The number of amides is 2. The molecule has 3 rings (SSSR count). The van der Waals surface area contributed by atoms with Crippen LogP contribution in [0.3, 0.4) is 0 Å². The molecule has 2 aromatic carbocycles. The van der Waals surface area contributed by atoms with E-state index in [2.05, 4.69) is 10.6 Å². The Labute approximate surface area is 131 Å². The minimum atomic E-state index is -4.43. The summed E-state index contributed by atoms with van der Waals surface area (Å²) in [5, 5.41) is 5.15. The van der Waals surface area contributed by atoms with Crippen molar-refractivity contribution in [3.63, 3.8) is 0 Å². The maximum absolute atomic E-state index is 13.2. The molecule has 6 heteroatoms. The lowest BCUT2D eigenvalue weighted by atomic mass is 10.0. The summed E-state index contributed by atoms with van der Waals surface area (Å²) >= 11 is 0. The third-order valence-corrected chi connectivity index (χ3v) is 3.68. The predicted molar refractivity (Wildman–Crippen MR) is 82.5 cm³/mol. The van der Waals surface area contributed by atoms with Crippen LogP contribution in [0.15, 0.2) is 48.5 Å². The molecule has 2 N–H and O–H groups in total. The molecule has 0 aromatic heterocycles. The number of anilines is 2. The van der Waals surface area contributed by atoms with E-state index in [9.17, 15) is 18.0 Å². The first-order valence-corrected chi connectivity index (χ1v) is 7.28. The van der Waals surface area contributed by atoms with Gasteiger partial charge in [-0.15, -0.1) is 0 Å². The van der Waals surface area contributed by atoms with Crippen molar-refractivity contribution in [2.45, 2.75) is 24.9 Å². The summed E-state index contributed by atoms with van der Waals surface area (Å²) in [6.45, 7) is 0. The van der Waals surface area contributed by atoms with Crippen LogP contribution in [0.5, 0.6) is 0 Å². The van der Waals surface area contributed by atoms with Crippen molar-refractivity contribution in [3.05, 3.63) is 59.7 Å². The zero-order chi connectivity index (χ0) is 16.4. The Kier molecular flexibility index (Phi) is 3.98. The van der Waals surface area contributed by atoms with E-state index in [0.717, 1.165) is 6.07 Å². The zero-order valence-corrected chi connectivity index (χ0v) is 12.2. The van der Waals surface area contributed by atoms with Crippen molar-refractivity contribution in [1.29, 1.82) is 0 Å².